The van der Waals surface area contributed by atoms with Gasteiger partial charge in [-0.2, -0.15) is 0 Å². The van der Waals surface area contributed by atoms with Gasteiger partial charge in [-0.05, 0) is 24.3 Å². The van der Waals surface area contributed by atoms with E-state index in [0.717, 1.165) is 0 Å². The van der Waals surface area contributed by atoms with Gasteiger partial charge >= 0.3 is 5.97 Å². The highest BCUT2D eigenvalue weighted by atomic mass is 19.1. The van der Waals surface area contributed by atoms with Crippen molar-refractivity contribution in [3.8, 4) is 11.5 Å². The van der Waals surface area contributed by atoms with E-state index in [2.05, 4.69) is 10.1 Å². The fourth-order valence-electron chi connectivity index (χ4n) is 1.93. The number of rotatable bonds is 8. The van der Waals surface area contributed by atoms with Gasteiger partial charge in [0, 0.05) is 0 Å². The van der Waals surface area contributed by atoms with Crippen molar-refractivity contribution in [2.24, 2.45) is 0 Å². The molecule has 0 heterocycles. The van der Waals surface area contributed by atoms with E-state index in [1.165, 1.54) is 25.3 Å². The van der Waals surface area contributed by atoms with Gasteiger partial charge in [-0.1, -0.05) is 24.3 Å². The Morgan fingerprint density at radius 1 is 1.00 bits per heavy atom. The van der Waals surface area contributed by atoms with E-state index in [-0.39, 0.29) is 31.4 Å². The van der Waals surface area contributed by atoms with E-state index in [0.29, 0.717) is 11.4 Å². The number of benzene rings is 2. The second-order valence-corrected chi connectivity index (χ2v) is 4.94. The molecule has 1 N–H and O–H groups in total. The molecule has 2 rings (SSSR count). The predicted molar refractivity (Wildman–Crippen MR) is 89.1 cm³/mol. The number of para-hydroxylation sites is 3. The third kappa shape index (κ3) is 5.80. The van der Waals surface area contributed by atoms with Crippen molar-refractivity contribution in [1.29, 1.82) is 0 Å². The summed E-state index contributed by atoms with van der Waals surface area (Å²) in [5.41, 5.74) is 0.425. The lowest BCUT2D eigenvalue weighted by Crippen LogP contribution is -2.21. The van der Waals surface area contributed by atoms with Gasteiger partial charge in [0.15, 0.2) is 18.2 Å². The summed E-state index contributed by atoms with van der Waals surface area (Å²) >= 11 is 0. The normalized spacial score (nSPS) is 10.0. The standard InChI is InChI=1S/C18H18FNO5/c1-23-18(22)10-11-24-16-9-5-3-7-14(16)20-17(21)12-25-15-8-4-2-6-13(15)19/h2-9H,10-12H2,1H3,(H,20,21). The second-order valence-electron chi connectivity index (χ2n) is 4.94. The smallest absolute Gasteiger partial charge is 0.308 e. The molecule has 0 bridgehead atoms. The van der Waals surface area contributed by atoms with Crippen molar-refractivity contribution < 1.29 is 28.2 Å². The maximum atomic E-state index is 13.5. The Balaban J connectivity index is 1.89. The van der Waals surface area contributed by atoms with Crippen molar-refractivity contribution in [3.63, 3.8) is 0 Å². The molecule has 0 aliphatic carbocycles. The molecular formula is C18H18FNO5. The van der Waals surface area contributed by atoms with Gasteiger partial charge in [-0.15, -0.1) is 0 Å². The van der Waals surface area contributed by atoms with Gasteiger partial charge in [0.05, 0.1) is 25.8 Å². The first-order valence-electron chi connectivity index (χ1n) is 7.56. The summed E-state index contributed by atoms with van der Waals surface area (Å²) in [5, 5.41) is 2.62. The monoisotopic (exact) mass is 347 g/mol. The van der Waals surface area contributed by atoms with Crippen LogP contribution in [0.2, 0.25) is 0 Å². The van der Waals surface area contributed by atoms with Gasteiger partial charge < -0.3 is 19.5 Å². The number of ether oxygens (including phenoxy) is 3. The van der Waals surface area contributed by atoms with Gasteiger partial charge in [-0.3, -0.25) is 9.59 Å². The van der Waals surface area contributed by atoms with E-state index in [9.17, 15) is 14.0 Å². The Hall–Kier alpha value is -3.09. The summed E-state index contributed by atoms with van der Waals surface area (Å²) in [6.45, 7) is -0.233. The zero-order valence-electron chi connectivity index (χ0n) is 13.7. The number of carbonyl (C=O) groups excluding carboxylic acids is 2. The molecule has 6 nitrogen and oxygen atoms in total. The molecule has 1 amide bonds. The second kappa shape index (κ2) is 9.27. The van der Waals surface area contributed by atoms with Crippen LogP contribution in [0.1, 0.15) is 6.42 Å². The highest BCUT2D eigenvalue weighted by Gasteiger charge is 2.10. The number of hydrogen-bond donors (Lipinski definition) is 1. The summed E-state index contributed by atoms with van der Waals surface area (Å²) in [7, 11) is 1.30. The summed E-state index contributed by atoms with van der Waals surface area (Å²) < 4.78 is 28.6. The Bertz CT molecular complexity index is 735. The lowest BCUT2D eigenvalue weighted by Gasteiger charge is -2.12. The number of methoxy groups -OCH3 is 1. The molecule has 2 aromatic rings. The molecule has 0 saturated carbocycles. The summed E-state index contributed by atoms with van der Waals surface area (Å²) in [6, 6.07) is 12.6. The minimum Gasteiger partial charge on any atom is -0.491 e. The Kier molecular flexibility index (Phi) is 6.76. The van der Waals surface area contributed by atoms with Crippen LogP contribution >= 0.6 is 0 Å². The molecule has 7 heteroatoms. The number of anilines is 1. The fraction of sp³-hybridized carbons (Fsp3) is 0.222. The average molecular weight is 347 g/mol. The average Bonchev–Trinajstić information content (AvgIpc) is 2.62. The molecular weight excluding hydrogens is 329 g/mol. The summed E-state index contributed by atoms with van der Waals surface area (Å²) in [5.74, 6) is -0.986. The molecule has 0 saturated heterocycles. The summed E-state index contributed by atoms with van der Waals surface area (Å²) in [4.78, 5) is 23.1. The van der Waals surface area contributed by atoms with Crippen molar-refractivity contribution in [3.05, 3.63) is 54.3 Å². The van der Waals surface area contributed by atoms with Gasteiger partial charge in [0.1, 0.15) is 5.75 Å². The minimum absolute atomic E-state index is 0.000244. The molecule has 0 unspecified atom stereocenters. The van der Waals surface area contributed by atoms with E-state index in [1.54, 1.807) is 30.3 Å². The number of nitrogens with one attached hydrogen (secondary N) is 1. The van der Waals surface area contributed by atoms with Crippen molar-refractivity contribution in [1.82, 2.24) is 0 Å². The van der Waals surface area contributed by atoms with E-state index < -0.39 is 11.7 Å². The Morgan fingerprint density at radius 3 is 2.40 bits per heavy atom. The molecule has 132 valence electrons. The first-order valence-corrected chi connectivity index (χ1v) is 7.56. The van der Waals surface area contributed by atoms with Crippen molar-refractivity contribution in [2.45, 2.75) is 6.42 Å². The lowest BCUT2D eigenvalue weighted by molar-refractivity contribution is -0.141. The van der Waals surface area contributed by atoms with Crippen molar-refractivity contribution in [2.75, 3.05) is 25.6 Å². The quantitative estimate of drug-likeness (QED) is 0.743. The van der Waals surface area contributed by atoms with Gasteiger partial charge in [0.2, 0.25) is 0 Å². The third-order valence-corrected chi connectivity index (χ3v) is 3.15. The molecule has 0 fully saturated rings. The maximum Gasteiger partial charge on any atom is 0.308 e. The van der Waals surface area contributed by atoms with E-state index in [4.69, 9.17) is 9.47 Å². The molecule has 0 radical (unpaired) electrons. The maximum absolute atomic E-state index is 13.5. The Labute approximate surface area is 144 Å². The largest absolute Gasteiger partial charge is 0.491 e. The predicted octanol–water partition coefficient (Wildman–Crippen LogP) is 2.79. The summed E-state index contributed by atoms with van der Waals surface area (Å²) in [6.07, 6.45) is 0.0924. The fourth-order valence-corrected chi connectivity index (χ4v) is 1.93. The first-order chi connectivity index (χ1) is 12.1. The molecule has 0 spiro atoms. The molecule has 0 atom stereocenters. The van der Waals surface area contributed by atoms with Crippen molar-refractivity contribution >= 4 is 17.6 Å². The number of hydrogen-bond acceptors (Lipinski definition) is 5. The lowest BCUT2D eigenvalue weighted by atomic mass is 10.3. The first kappa shape index (κ1) is 18.3. The number of halogens is 1. The molecule has 0 aromatic heterocycles. The SMILES string of the molecule is COC(=O)CCOc1ccccc1NC(=O)COc1ccccc1F. The highest BCUT2D eigenvalue weighted by Crippen LogP contribution is 2.24. The van der Waals surface area contributed by atoms with Crippen LogP contribution in [0.25, 0.3) is 0 Å². The van der Waals surface area contributed by atoms with Crippen LogP contribution in [0.3, 0.4) is 0 Å². The van der Waals surface area contributed by atoms with Crippen LogP contribution in [-0.4, -0.2) is 32.2 Å². The Morgan fingerprint density at radius 2 is 1.68 bits per heavy atom. The minimum atomic E-state index is -0.540. The highest BCUT2D eigenvalue weighted by molar-refractivity contribution is 5.93. The van der Waals surface area contributed by atoms with Gasteiger partial charge in [-0.25, -0.2) is 4.39 Å². The van der Waals surface area contributed by atoms with Crippen LogP contribution in [0.4, 0.5) is 10.1 Å². The molecule has 2 aromatic carbocycles. The van der Waals surface area contributed by atoms with E-state index >= 15 is 0 Å². The zero-order chi connectivity index (χ0) is 18.1. The molecule has 25 heavy (non-hydrogen) atoms. The van der Waals surface area contributed by atoms with Gasteiger partial charge in [0.25, 0.3) is 5.91 Å². The van der Waals surface area contributed by atoms with Crippen LogP contribution in [-0.2, 0) is 14.3 Å². The number of carbonyl (C=O) groups is 2. The molecule has 0 aliphatic rings. The van der Waals surface area contributed by atoms with Crippen LogP contribution in [0, 0.1) is 5.82 Å². The topological polar surface area (TPSA) is 73.9 Å². The van der Waals surface area contributed by atoms with Crippen LogP contribution < -0.4 is 14.8 Å². The van der Waals surface area contributed by atoms with Crippen LogP contribution in [0.5, 0.6) is 11.5 Å². The van der Waals surface area contributed by atoms with E-state index in [1.807, 2.05) is 0 Å². The molecule has 0 aliphatic heterocycles. The van der Waals surface area contributed by atoms with Crippen LogP contribution in [0.15, 0.2) is 48.5 Å². The number of esters is 1. The zero-order valence-corrected chi connectivity index (χ0v) is 13.7. The number of amides is 1. The third-order valence-electron chi connectivity index (χ3n) is 3.15.